The largest absolute Gasteiger partial charge is 0.345 e. The highest BCUT2D eigenvalue weighted by molar-refractivity contribution is 7.98. The van der Waals surface area contributed by atoms with Crippen LogP contribution in [0.4, 0.5) is 5.13 Å². The van der Waals surface area contributed by atoms with E-state index in [0.29, 0.717) is 49.8 Å². The Balaban J connectivity index is 1.26. The molecule has 0 bridgehead atoms. The summed E-state index contributed by atoms with van der Waals surface area (Å²) in [6, 6.07) is 9.06. The fourth-order valence-electron chi connectivity index (χ4n) is 4.28. The van der Waals surface area contributed by atoms with Crippen molar-refractivity contribution in [1.82, 2.24) is 14.2 Å². The normalized spacial score (nSPS) is 20.3. The average Bonchev–Trinajstić information content (AvgIpc) is 3.58. The maximum atomic E-state index is 13.3. The second-order valence-electron chi connectivity index (χ2n) is 7.85. The van der Waals surface area contributed by atoms with Crippen molar-refractivity contribution in [2.75, 3.05) is 43.9 Å². The molecule has 1 unspecified atom stereocenters. The third kappa shape index (κ3) is 4.05. The van der Waals surface area contributed by atoms with Crippen LogP contribution in [0.25, 0.3) is 10.2 Å². The molecule has 0 N–H and O–H groups in total. The third-order valence-electron chi connectivity index (χ3n) is 5.99. The molecule has 0 aliphatic carbocycles. The van der Waals surface area contributed by atoms with E-state index in [1.54, 1.807) is 40.6 Å². The number of hydrogen-bond donors (Lipinski definition) is 0. The molecular formula is C21H24N4O3S4. The minimum absolute atomic E-state index is 0.0730. The summed E-state index contributed by atoms with van der Waals surface area (Å²) >= 11 is 4.60. The van der Waals surface area contributed by atoms with Crippen molar-refractivity contribution in [2.45, 2.75) is 28.0 Å². The molecule has 7 nitrogen and oxygen atoms in total. The van der Waals surface area contributed by atoms with E-state index in [0.717, 1.165) is 10.6 Å². The highest BCUT2D eigenvalue weighted by Crippen LogP contribution is 2.33. The number of rotatable bonds is 5. The van der Waals surface area contributed by atoms with Gasteiger partial charge in [-0.3, -0.25) is 4.79 Å². The number of fused-ring (bicyclic) bond motifs is 1. The Morgan fingerprint density at radius 1 is 1.16 bits per heavy atom. The van der Waals surface area contributed by atoms with Gasteiger partial charge < -0.3 is 9.80 Å². The second kappa shape index (κ2) is 8.94. The van der Waals surface area contributed by atoms with Crippen LogP contribution in [-0.2, 0) is 14.8 Å². The molecule has 5 rings (SSSR count). The van der Waals surface area contributed by atoms with E-state index in [-0.39, 0.29) is 5.91 Å². The maximum absolute atomic E-state index is 13.3. The van der Waals surface area contributed by atoms with Crippen LogP contribution in [0.2, 0.25) is 0 Å². The Hall–Kier alpha value is -1.66. The summed E-state index contributed by atoms with van der Waals surface area (Å²) in [6.07, 6.45) is 3.36. The number of sulfonamides is 1. The number of thiazole rings is 1. The lowest BCUT2D eigenvalue weighted by atomic mass is 10.2. The van der Waals surface area contributed by atoms with Gasteiger partial charge in [-0.25, -0.2) is 13.4 Å². The number of thioether (sulfide) groups is 1. The van der Waals surface area contributed by atoms with Gasteiger partial charge in [-0.15, -0.1) is 23.1 Å². The fourth-order valence-corrected chi connectivity index (χ4v) is 8.63. The number of nitrogens with zero attached hydrogens (tertiary/aromatic N) is 4. The van der Waals surface area contributed by atoms with Crippen LogP contribution in [0.3, 0.4) is 0 Å². The van der Waals surface area contributed by atoms with Gasteiger partial charge >= 0.3 is 0 Å². The third-order valence-corrected chi connectivity index (χ3v) is 11.1. The Bertz CT molecular complexity index is 1220. The summed E-state index contributed by atoms with van der Waals surface area (Å²) in [5.74, 6) is -0.0730. The lowest BCUT2D eigenvalue weighted by Crippen LogP contribution is -2.54. The standard InChI is InChI=1S/C21H24N4O3S4/c1-29-15-6-7-16-18(14-15)31-21(22-16)24-11-9-23(10-12-24)20(26)17-4-2-8-25(17)32(27,28)19-5-3-13-30-19/h3,5-7,13-14,17H,2,4,8-12H2,1H3. The lowest BCUT2D eigenvalue weighted by Gasteiger charge is -2.37. The molecule has 2 aliphatic heterocycles. The van der Waals surface area contributed by atoms with Crippen molar-refractivity contribution in [3.05, 3.63) is 35.7 Å². The van der Waals surface area contributed by atoms with Gasteiger partial charge in [0.2, 0.25) is 5.91 Å². The number of hydrogen-bond acceptors (Lipinski definition) is 8. The van der Waals surface area contributed by atoms with Crippen LogP contribution < -0.4 is 4.90 Å². The molecule has 1 aromatic carbocycles. The summed E-state index contributed by atoms with van der Waals surface area (Å²) in [7, 11) is -3.62. The topological polar surface area (TPSA) is 73.8 Å². The van der Waals surface area contributed by atoms with Crippen molar-refractivity contribution in [3.8, 4) is 0 Å². The number of aromatic nitrogens is 1. The van der Waals surface area contributed by atoms with Crippen molar-refractivity contribution < 1.29 is 13.2 Å². The molecule has 2 fully saturated rings. The van der Waals surface area contributed by atoms with E-state index >= 15 is 0 Å². The van der Waals surface area contributed by atoms with Gasteiger partial charge in [0.1, 0.15) is 10.3 Å². The monoisotopic (exact) mass is 508 g/mol. The van der Waals surface area contributed by atoms with Gasteiger partial charge in [0.05, 0.1) is 10.2 Å². The van der Waals surface area contributed by atoms with Crippen LogP contribution in [0, 0.1) is 0 Å². The zero-order valence-electron chi connectivity index (χ0n) is 17.6. The van der Waals surface area contributed by atoms with E-state index in [2.05, 4.69) is 29.4 Å². The fraction of sp³-hybridized carbons (Fsp3) is 0.429. The lowest BCUT2D eigenvalue weighted by molar-refractivity contribution is -0.134. The number of carbonyl (C=O) groups excluding carboxylic acids is 1. The van der Waals surface area contributed by atoms with Crippen LogP contribution in [0.15, 0.2) is 44.8 Å². The first-order valence-electron chi connectivity index (χ1n) is 10.5. The number of thiophene rings is 1. The summed E-state index contributed by atoms with van der Waals surface area (Å²) in [4.78, 5) is 23.3. The molecule has 32 heavy (non-hydrogen) atoms. The van der Waals surface area contributed by atoms with E-state index in [9.17, 15) is 13.2 Å². The predicted molar refractivity (Wildman–Crippen MR) is 131 cm³/mol. The molecule has 170 valence electrons. The molecule has 0 spiro atoms. The smallest absolute Gasteiger partial charge is 0.253 e. The Morgan fingerprint density at radius 3 is 2.69 bits per heavy atom. The van der Waals surface area contributed by atoms with E-state index in [4.69, 9.17) is 4.98 Å². The Labute approximate surface area is 200 Å². The van der Waals surface area contributed by atoms with Gasteiger partial charge in [-0.05, 0) is 48.7 Å². The summed E-state index contributed by atoms with van der Waals surface area (Å²) in [5.41, 5.74) is 1.00. The van der Waals surface area contributed by atoms with Crippen LogP contribution in [-0.4, -0.2) is 73.5 Å². The number of benzene rings is 1. The van der Waals surface area contributed by atoms with Crippen molar-refractivity contribution >= 4 is 65.7 Å². The van der Waals surface area contributed by atoms with Gasteiger partial charge in [0.25, 0.3) is 10.0 Å². The van der Waals surface area contributed by atoms with Crippen molar-refractivity contribution in [2.24, 2.45) is 0 Å². The summed E-state index contributed by atoms with van der Waals surface area (Å²) in [5, 5.41) is 2.73. The van der Waals surface area contributed by atoms with Crippen molar-refractivity contribution in [3.63, 3.8) is 0 Å². The minimum Gasteiger partial charge on any atom is -0.345 e. The summed E-state index contributed by atoms with van der Waals surface area (Å²) < 4.78 is 28.9. The van der Waals surface area contributed by atoms with E-state index in [1.807, 2.05) is 4.90 Å². The summed E-state index contributed by atoms with van der Waals surface area (Å²) in [6.45, 7) is 2.96. The quantitative estimate of drug-likeness (QED) is 0.491. The number of anilines is 1. The molecule has 2 aliphatic rings. The zero-order chi connectivity index (χ0) is 22.3. The highest BCUT2D eigenvalue weighted by atomic mass is 32.2. The SMILES string of the molecule is CSc1ccc2nc(N3CCN(C(=O)C4CCCN4S(=O)(=O)c4cccs4)CC3)sc2c1. The second-order valence-corrected chi connectivity index (χ2v) is 12.8. The Kier molecular flexibility index (Phi) is 6.19. The molecule has 1 amide bonds. The first-order valence-corrected chi connectivity index (χ1v) is 14.9. The van der Waals surface area contributed by atoms with Gasteiger partial charge in [-0.2, -0.15) is 4.31 Å². The number of piperazine rings is 1. The van der Waals surface area contributed by atoms with Gasteiger partial charge in [0, 0.05) is 37.6 Å². The van der Waals surface area contributed by atoms with Gasteiger partial charge in [-0.1, -0.05) is 17.4 Å². The van der Waals surface area contributed by atoms with Crippen LogP contribution in [0.5, 0.6) is 0 Å². The first-order chi connectivity index (χ1) is 15.5. The predicted octanol–water partition coefficient (Wildman–Crippen LogP) is 3.58. The molecule has 0 radical (unpaired) electrons. The molecule has 0 saturated carbocycles. The average molecular weight is 509 g/mol. The Morgan fingerprint density at radius 2 is 1.97 bits per heavy atom. The molecule has 2 aromatic heterocycles. The van der Waals surface area contributed by atoms with Gasteiger partial charge in [0.15, 0.2) is 5.13 Å². The minimum atomic E-state index is -3.62. The molecule has 2 saturated heterocycles. The molecule has 4 heterocycles. The molecule has 1 atom stereocenters. The molecule has 3 aromatic rings. The molecular weight excluding hydrogens is 485 g/mol. The van der Waals surface area contributed by atoms with E-state index in [1.165, 1.54) is 25.2 Å². The number of amides is 1. The molecule has 11 heteroatoms. The van der Waals surface area contributed by atoms with Crippen LogP contribution in [0.1, 0.15) is 12.8 Å². The first kappa shape index (κ1) is 22.1. The maximum Gasteiger partial charge on any atom is 0.253 e. The number of carbonyl (C=O) groups is 1. The van der Waals surface area contributed by atoms with E-state index < -0.39 is 16.1 Å². The van der Waals surface area contributed by atoms with Crippen LogP contribution >= 0.6 is 34.4 Å². The zero-order valence-corrected chi connectivity index (χ0v) is 20.9. The highest BCUT2D eigenvalue weighted by Gasteiger charge is 2.42. The van der Waals surface area contributed by atoms with Crippen molar-refractivity contribution in [1.29, 1.82) is 0 Å².